The first-order valence-corrected chi connectivity index (χ1v) is 7.18. The fourth-order valence-electron chi connectivity index (χ4n) is 2.35. The number of nitrogens with zero attached hydrogens (tertiary/aromatic N) is 2. The van der Waals surface area contributed by atoms with Gasteiger partial charge < -0.3 is 9.64 Å². The Bertz CT molecular complexity index is 690. The summed E-state index contributed by atoms with van der Waals surface area (Å²) in [6, 6.07) is 7.48. The summed E-state index contributed by atoms with van der Waals surface area (Å²) >= 11 is 0. The van der Waals surface area contributed by atoms with Crippen LogP contribution in [0.15, 0.2) is 48.8 Å². The maximum Gasteiger partial charge on any atom is 0.416 e. The van der Waals surface area contributed by atoms with Crippen LogP contribution in [0.2, 0.25) is 0 Å². The number of likely N-dealkylation sites (N-methyl/N-ethyl adjacent to an activating group) is 1. The highest BCUT2D eigenvalue weighted by molar-refractivity contribution is 5.94. The van der Waals surface area contributed by atoms with Gasteiger partial charge in [0.15, 0.2) is 0 Å². The monoisotopic (exact) mass is 338 g/mol. The summed E-state index contributed by atoms with van der Waals surface area (Å²) < 4.78 is 43.9. The molecule has 4 nitrogen and oxygen atoms in total. The molecule has 0 fully saturated rings. The summed E-state index contributed by atoms with van der Waals surface area (Å²) in [7, 11) is 2.96. The summed E-state index contributed by atoms with van der Waals surface area (Å²) in [4.78, 5) is 17.8. The van der Waals surface area contributed by atoms with Crippen LogP contribution in [0.4, 0.5) is 13.2 Å². The smallest absolute Gasteiger partial charge is 0.382 e. The molecule has 0 aliphatic carbocycles. The van der Waals surface area contributed by atoms with Gasteiger partial charge in [0.1, 0.15) is 0 Å². The van der Waals surface area contributed by atoms with E-state index in [1.165, 1.54) is 37.5 Å². The number of carbonyl (C=O) groups excluding carboxylic acids is 1. The maximum atomic E-state index is 12.9. The van der Waals surface area contributed by atoms with Gasteiger partial charge >= 0.3 is 6.18 Å². The molecule has 128 valence electrons. The van der Waals surface area contributed by atoms with Crippen LogP contribution in [0.5, 0.6) is 0 Å². The zero-order valence-electron chi connectivity index (χ0n) is 13.2. The second-order valence-corrected chi connectivity index (χ2v) is 5.25. The number of benzene rings is 1. The maximum absolute atomic E-state index is 12.9. The van der Waals surface area contributed by atoms with Crippen LogP contribution >= 0.6 is 0 Å². The van der Waals surface area contributed by atoms with E-state index in [2.05, 4.69) is 4.98 Å². The SMILES string of the molecule is COC[C@@H](c1cccc(C(F)(F)F)c1)N(C)C(=O)c1cccnc1. The molecule has 1 heterocycles. The van der Waals surface area contributed by atoms with Gasteiger partial charge in [0.25, 0.3) is 5.91 Å². The van der Waals surface area contributed by atoms with E-state index in [0.29, 0.717) is 11.1 Å². The fraction of sp³-hybridized carbons (Fsp3) is 0.294. The number of carbonyl (C=O) groups is 1. The van der Waals surface area contributed by atoms with Gasteiger partial charge in [-0.05, 0) is 29.8 Å². The Labute approximate surface area is 137 Å². The second kappa shape index (κ2) is 7.44. The zero-order valence-corrected chi connectivity index (χ0v) is 13.2. The van der Waals surface area contributed by atoms with Crippen LogP contribution in [0.25, 0.3) is 0 Å². The summed E-state index contributed by atoms with van der Waals surface area (Å²) in [5.74, 6) is -0.345. The Hall–Kier alpha value is -2.41. The first kappa shape index (κ1) is 17.9. The number of hydrogen-bond acceptors (Lipinski definition) is 3. The Balaban J connectivity index is 2.34. The number of alkyl halides is 3. The number of aromatic nitrogens is 1. The highest BCUT2D eigenvalue weighted by atomic mass is 19.4. The topological polar surface area (TPSA) is 42.4 Å². The van der Waals surface area contributed by atoms with E-state index in [1.807, 2.05) is 0 Å². The Morgan fingerprint density at radius 2 is 2.04 bits per heavy atom. The molecule has 2 aromatic rings. The molecule has 0 unspecified atom stereocenters. The van der Waals surface area contributed by atoms with Crippen molar-refractivity contribution >= 4 is 5.91 Å². The van der Waals surface area contributed by atoms with Gasteiger partial charge in [0.05, 0.1) is 23.8 Å². The third-order valence-electron chi connectivity index (χ3n) is 3.62. The standard InChI is InChI=1S/C17H17F3N2O2/c1-22(16(23)13-6-4-8-21-10-13)15(11-24-2)12-5-3-7-14(9-12)17(18,19)20/h3-10,15H,11H2,1-2H3/t15-/m0/s1. The van der Waals surface area contributed by atoms with Crippen molar-refractivity contribution in [1.82, 2.24) is 9.88 Å². The minimum absolute atomic E-state index is 0.0732. The number of methoxy groups -OCH3 is 1. The van der Waals surface area contributed by atoms with Crippen LogP contribution in [-0.2, 0) is 10.9 Å². The normalized spacial score (nSPS) is 12.7. The molecule has 0 spiro atoms. The molecular formula is C17H17F3N2O2. The molecule has 0 bridgehead atoms. The van der Waals surface area contributed by atoms with Crippen LogP contribution in [0.1, 0.15) is 27.5 Å². The number of amides is 1. The largest absolute Gasteiger partial charge is 0.416 e. The van der Waals surface area contributed by atoms with E-state index in [-0.39, 0.29) is 12.5 Å². The zero-order chi connectivity index (χ0) is 17.7. The summed E-state index contributed by atoms with van der Waals surface area (Å²) in [5.41, 5.74) is -0.0529. The molecule has 0 aliphatic rings. The highest BCUT2D eigenvalue weighted by Gasteiger charge is 2.32. The number of hydrogen-bond donors (Lipinski definition) is 0. The average Bonchev–Trinajstić information content (AvgIpc) is 2.58. The van der Waals surface area contributed by atoms with Crippen molar-refractivity contribution in [2.75, 3.05) is 20.8 Å². The van der Waals surface area contributed by atoms with Gasteiger partial charge in [0.2, 0.25) is 0 Å². The Morgan fingerprint density at radius 1 is 1.29 bits per heavy atom. The van der Waals surface area contributed by atoms with Crippen molar-refractivity contribution in [2.45, 2.75) is 12.2 Å². The fourth-order valence-corrected chi connectivity index (χ4v) is 2.35. The van der Waals surface area contributed by atoms with E-state index >= 15 is 0 Å². The molecule has 0 radical (unpaired) electrons. The Kier molecular flexibility index (Phi) is 5.56. The van der Waals surface area contributed by atoms with Crippen LogP contribution in [-0.4, -0.2) is 36.6 Å². The number of ether oxygens (including phenoxy) is 1. The van der Waals surface area contributed by atoms with Gasteiger partial charge in [-0.1, -0.05) is 12.1 Å². The lowest BCUT2D eigenvalue weighted by Gasteiger charge is -2.28. The molecule has 1 aromatic heterocycles. The van der Waals surface area contributed by atoms with Gasteiger partial charge in [-0.3, -0.25) is 9.78 Å². The molecule has 2 rings (SSSR count). The van der Waals surface area contributed by atoms with E-state index in [4.69, 9.17) is 4.74 Å². The van der Waals surface area contributed by atoms with Crippen molar-refractivity contribution in [3.63, 3.8) is 0 Å². The molecule has 7 heteroatoms. The number of pyridine rings is 1. The van der Waals surface area contributed by atoms with Crippen molar-refractivity contribution in [2.24, 2.45) is 0 Å². The van der Waals surface area contributed by atoms with Crippen LogP contribution in [0.3, 0.4) is 0 Å². The predicted octanol–water partition coefficient (Wildman–Crippen LogP) is 3.56. The molecule has 1 aromatic carbocycles. The van der Waals surface area contributed by atoms with Crippen molar-refractivity contribution in [1.29, 1.82) is 0 Å². The molecule has 0 saturated carbocycles. The molecule has 1 atom stereocenters. The van der Waals surface area contributed by atoms with E-state index in [9.17, 15) is 18.0 Å². The molecule has 24 heavy (non-hydrogen) atoms. The quantitative estimate of drug-likeness (QED) is 0.837. The lowest BCUT2D eigenvalue weighted by Crippen LogP contribution is -2.34. The molecule has 1 amide bonds. The van der Waals surface area contributed by atoms with Gasteiger partial charge in [0, 0.05) is 26.6 Å². The van der Waals surface area contributed by atoms with Crippen molar-refractivity contribution < 1.29 is 22.7 Å². The second-order valence-electron chi connectivity index (χ2n) is 5.25. The van der Waals surface area contributed by atoms with Gasteiger partial charge in [-0.25, -0.2) is 0 Å². The lowest BCUT2D eigenvalue weighted by atomic mass is 10.0. The molecule has 0 saturated heterocycles. The van der Waals surface area contributed by atoms with Crippen LogP contribution in [0, 0.1) is 0 Å². The third-order valence-corrected chi connectivity index (χ3v) is 3.62. The number of rotatable bonds is 5. The van der Waals surface area contributed by atoms with E-state index < -0.39 is 17.8 Å². The molecule has 0 aliphatic heterocycles. The van der Waals surface area contributed by atoms with Crippen molar-refractivity contribution in [3.05, 3.63) is 65.5 Å². The lowest BCUT2D eigenvalue weighted by molar-refractivity contribution is -0.137. The first-order valence-electron chi connectivity index (χ1n) is 7.18. The highest BCUT2D eigenvalue weighted by Crippen LogP contribution is 2.32. The summed E-state index contributed by atoms with van der Waals surface area (Å²) in [6.07, 6.45) is -1.50. The summed E-state index contributed by atoms with van der Waals surface area (Å²) in [6.45, 7) is 0.0732. The summed E-state index contributed by atoms with van der Waals surface area (Å²) in [5, 5.41) is 0. The van der Waals surface area contributed by atoms with E-state index in [1.54, 1.807) is 18.2 Å². The van der Waals surface area contributed by atoms with Gasteiger partial charge in [-0.15, -0.1) is 0 Å². The van der Waals surface area contributed by atoms with Crippen LogP contribution < -0.4 is 0 Å². The number of halogens is 3. The molecular weight excluding hydrogens is 321 g/mol. The average molecular weight is 338 g/mol. The van der Waals surface area contributed by atoms with Crippen molar-refractivity contribution in [3.8, 4) is 0 Å². The van der Waals surface area contributed by atoms with Gasteiger partial charge in [-0.2, -0.15) is 13.2 Å². The third kappa shape index (κ3) is 4.11. The Morgan fingerprint density at radius 3 is 2.62 bits per heavy atom. The minimum Gasteiger partial charge on any atom is -0.382 e. The first-order chi connectivity index (χ1) is 11.3. The molecule has 0 N–H and O–H groups in total. The van der Waals surface area contributed by atoms with E-state index in [0.717, 1.165) is 12.1 Å². The predicted molar refractivity (Wildman–Crippen MR) is 82.4 cm³/mol. The minimum atomic E-state index is -4.44.